The van der Waals surface area contributed by atoms with Crippen molar-refractivity contribution in [3.05, 3.63) is 34.4 Å². The Kier molecular flexibility index (Phi) is 7.79. The number of carbonyl (C=O) groups is 2. The van der Waals surface area contributed by atoms with E-state index < -0.39 is 11.2 Å². The Bertz CT molecular complexity index is 1260. The molecule has 1 saturated heterocycles. The van der Waals surface area contributed by atoms with Gasteiger partial charge >= 0.3 is 17.7 Å². The van der Waals surface area contributed by atoms with Crippen molar-refractivity contribution in [1.29, 1.82) is 0 Å². The summed E-state index contributed by atoms with van der Waals surface area (Å²) in [6.45, 7) is 11.3. The summed E-state index contributed by atoms with van der Waals surface area (Å²) in [4.78, 5) is 38.9. The third-order valence-electron chi connectivity index (χ3n) is 12.7. The summed E-state index contributed by atoms with van der Waals surface area (Å²) in [7, 11) is 0. The lowest BCUT2D eigenvalue weighted by atomic mass is 9.43. The van der Waals surface area contributed by atoms with Gasteiger partial charge in [-0.1, -0.05) is 13.8 Å². The van der Waals surface area contributed by atoms with Crippen LogP contribution in [0.15, 0.2) is 27.6 Å². The second kappa shape index (κ2) is 10.9. The van der Waals surface area contributed by atoms with Crippen molar-refractivity contribution in [1.82, 2.24) is 4.90 Å². The molecule has 1 aromatic rings. The summed E-state index contributed by atoms with van der Waals surface area (Å²) in [5.41, 5.74) is -0.639. The maximum Gasteiger partial charge on any atom is 0.410 e. The van der Waals surface area contributed by atoms with Gasteiger partial charge in [-0.25, -0.2) is 9.59 Å². The highest BCUT2D eigenvalue weighted by atomic mass is 16.6. The van der Waals surface area contributed by atoms with E-state index in [0.717, 1.165) is 63.4 Å². The Morgan fingerprint density at radius 1 is 0.953 bits per heavy atom. The Labute approximate surface area is 255 Å². The number of aliphatic hydroxyl groups is 1. The Morgan fingerprint density at radius 3 is 2.37 bits per heavy atom. The molecule has 1 aromatic heterocycles. The number of likely N-dealkylation sites (tertiary alicyclic amines) is 1. The van der Waals surface area contributed by atoms with Gasteiger partial charge in [-0.3, -0.25) is 4.79 Å². The molecular formula is C35H51NO7. The third-order valence-corrected chi connectivity index (χ3v) is 12.7. The zero-order valence-electron chi connectivity index (χ0n) is 26.7. The Balaban J connectivity index is 1.06. The number of hydrogen-bond acceptors (Lipinski definition) is 7. The van der Waals surface area contributed by atoms with Crippen molar-refractivity contribution in [2.45, 2.75) is 128 Å². The minimum Gasteiger partial charge on any atom is -0.462 e. The first-order chi connectivity index (χ1) is 20.2. The lowest BCUT2D eigenvalue weighted by Gasteiger charge is -2.63. The predicted octanol–water partition coefficient (Wildman–Crippen LogP) is 6.44. The second-order valence-corrected chi connectivity index (χ2v) is 15.9. The topological polar surface area (TPSA) is 106 Å². The van der Waals surface area contributed by atoms with Crippen molar-refractivity contribution < 1.29 is 28.6 Å². The molecule has 1 aliphatic heterocycles. The van der Waals surface area contributed by atoms with Gasteiger partial charge in [-0.2, -0.15) is 0 Å². The molecule has 2 heterocycles. The van der Waals surface area contributed by atoms with Crippen LogP contribution in [0.4, 0.5) is 4.79 Å². The number of nitrogens with zero attached hydrogens (tertiary/aromatic N) is 1. The minimum absolute atomic E-state index is 0.0495. The number of esters is 1. The van der Waals surface area contributed by atoms with Gasteiger partial charge in [0, 0.05) is 24.6 Å². The van der Waals surface area contributed by atoms with E-state index in [0.29, 0.717) is 37.8 Å². The smallest absolute Gasteiger partial charge is 0.410 e. The van der Waals surface area contributed by atoms with Crippen LogP contribution >= 0.6 is 0 Å². The zero-order chi connectivity index (χ0) is 30.8. The van der Waals surface area contributed by atoms with Crippen LogP contribution < -0.4 is 5.63 Å². The highest BCUT2D eigenvalue weighted by molar-refractivity contribution is 5.74. The quantitative estimate of drug-likeness (QED) is 0.400. The van der Waals surface area contributed by atoms with Gasteiger partial charge < -0.3 is 23.9 Å². The Morgan fingerprint density at radius 2 is 1.70 bits per heavy atom. The van der Waals surface area contributed by atoms with Gasteiger partial charge in [0.05, 0.1) is 17.8 Å². The molecule has 0 spiro atoms. The molecule has 8 heteroatoms. The number of amides is 1. The molecule has 43 heavy (non-hydrogen) atoms. The van der Waals surface area contributed by atoms with Crippen molar-refractivity contribution >= 4 is 12.1 Å². The summed E-state index contributed by atoms with van der Waals surface area (Å²) in [6, 6.07) is 3.40. The van der Waals surface area contributed by atoms with E-state index in [4.69, 9.17) is 13.9 Å². The summed E-state index contributed by atoms with van der Waals surface area (Å²) in [5, 5.41) is 12.5. The van der Waals surface area contributed by atoms with Gasteiger partial charge in [-0.05, 0) is 132 Å². The summed E-state index contributed by atoms with van der Waals surface area (Å²) in [5.74, 6) is 1.14. The maximum absolute atomic E-state index is 13.2. The number of hydrogen-bond donors (Lipinski definition) is 1. The van der Waals surface area contributed by atoms with E-state index in [2.05, 4.69) is 13.8 Å². The SMILES string of the molecule is CC(C)(C)OC(=O)N1CCC(C(=O)O[C@H]2CC[C@@]3(C)[C@H](CC[C@@H]4[C@@H]3CC[C@]3(C)[C@@H](c5ccc(=O)oc5)CC[C@]43O)C2)CC1. The van der Waals surface area contributed by atoms with Crippen molar-refractivity contribution in [2.24, 2.45) is 34.5 Å². The first kappa shape index (κ1) is 30.7. The average molecular weight is 598 g/mol. The Hall–Kier alpha value is -2.35. The van der Waals surface area contributed by atoms with Crippen LogP contribution in [0.1, 0.15) is 117 Å². The van der Waals surface area contributed by atoms with Gasteiger partial charge in [0.15, 0.2) is 0 Å². The van der Waals surface area contributed by atoms with Crippen LogP contribution in [0.25, 0.3) is 0 Å². The van der Waals surface area contributed by atoms with E-state index >= 15 is 0 Å². The molecule has 0 radical (unpaired) electrons. The molecule has 8 nitrogen and oxygen atoms in total. The van der Waals surface area contributed by atoms with Crippen molar-refractivity contribution in [3.63, 3.8) is 0 Å². The van der Waals surface area contributed by atoms with E-state index in [1.807, 2.05) is 26.8 Å². The van der Waals surface area contributed by atoms with Crippen molar-refractivity contribution in [2.75, 3.05) is 13.1 Å². The maximum atomic E-state index is 13.2. The number of piperidine rings is 1. The number of rotatable bonds is 3. The highest BCUT2D eigenvalue weighted by Crippen LogP contribution is 2.70. The molecule has 8 atom stereocenters. The fourth-order valence-electron chi connectivity index (χ4n) is 10.3. The van der Waals surface area contributed by atoms with E-state index in [-0.39, 0.29) is 52.4 Å². The molecule has 1 N–H and O–H groups in total. The molecule has 6 rings (SSSR count). The molecule has 0 bridgehead atoms. The highest BCUT2D eigenvalue weighted by Gasteiger charge is 2.67. The van der Waals surface area contributed by atoms with Crippen LogP contribution in [0.2, 0.25) is 0 Å². The van der Waals surface area contributed by atoms with Crippen LogP contribution in [0.3, 0.4) is 0 Å². The lowest BCUT2D eigenvalue weighted by molar-refractivity contribution is -0.208. The first-order valence-electron chi connectivity index (χ1n) is 16.7. The van der Waals surface area contributed by atoms with E-state index in [1.165, 1.54) is 6.07 Å². The van der Waals surface area contributed by atoms with Crippen LogP contribution in [-0.4, -0.2) is 52.5 Å². The molecule has 0 unspecified atom stereocenters. The molecular weight excluding hydrogens is 546 g/mol. The molecule has 5 fully saturated rings. The van der Waals surface area contributed by atoms with Gasteiger partial charge in [0.1, 0.15) is 11.7 Å². The van der Waals surface area contributed by atoms with Crippen LogP contribution in [0.5, 0.6) is 0 Å². The monoisotopic (exact) mass is 597 g/mol. The summed E-state index contributed by atoms with van der Waals surface area (Å²) >= 11 is 0. The van der Waals surface area contributed by atoms with E-state index in [1.54, 1.807) is 11.2 Å². The molecule has 0 aromatic carbocycles. The molecule has 5 aliphatic rings. The zero-order valence-corrected chi connectivity index (χ0v) is 26.7. The standard InChI is InChI=1S/C35H51NO7/c1-32(2,3)43-31(39)36-18-13-22(14-19-36)30(38)42-25-10-15-33(4)24(20-25)7-8-28-27(33)11-16-34(5)26(12-17-35(28,34)40)23-6-9-29(37)41-21-23/h6,9,21-22,24-28,40H,7-8,10-20H2,1-5H3/t24-,25+,26-,27+,28-,33+,34-,35+/m1/s1. The summed E-state index contributed by atoms with van der Waals surface area (Å²) < 4.78 is 16.9. The normalized spacial score (nSPS) is 39.8. The number of ether oxygens (including phenoxy) is 2. The molecule has 4 saturated carbocycles. The fourth-order valence-corrected chi connectivity index (χ4v) is 10.3. The largest absolute Gasteiger partial charge is 0.462 e. The number of fused-ring (bicyclic) bond motifs is 5. The molecule has 1 amide bonds. The van der Waals surface area contributed by atoms with Crippen LogP contribution in [-0.2, 0) is 14.3 Å². The van der Waals surface area contributed by atoms with Gasteiger partial charge in [0.2, 0.25) is 0 Å². The minimum atomic E-state index is -0.720. The first-order valence-corrected chi connectivity index (χ1v) is 16.7. The summed E-state index contributed by atoms with van der Waals surface area (Å²) in [6.07, 6.45) is 11.1. The lowest BCUT2D eigenvalue weighted by Crippen LogP contribution is -2.62. The predicted molar refractivity (Wildman–Crippen MR) is 161 cm³/mol. The third kappa shape index (κ3) is 5.33. The van der Waals surface area contributed by atoms with E-state index in [9.17, 15) is 19.5 Å². The second-order valence-electron chi connectivity index (χ2n) is 15.9. The van der Waals surface area contributed by atoms with Gasteiger partial charge in [0.25, 0.3) is 0 Å². The van der Waals surface area contributed by atoms with Gasteiger partial charge in [-0.15, -0.1) is 0 Å². The fraction of sp³-hybridized carbons (Fsp3) is 0.800. The average Bonchev–Trinajstić information content (AvgIpc) is 3.24. The van der Waals surface area contributed by atoms with Crippen LogP contribution in [0, 0.1) is 34.5 Å². The van der Waals surface area contributed by atoms with Crippen molar-refractivity contribution in [3.8, 4) is 0 Å². The molecule has 238 valence electrons. The molecule has 4 aliphatic carbocycles. The number of carbonyl (C=O) groups excluding carboxylic acids is 2.